The van der Waals surface area contributed by atoms with Gasteiger partial charge < -0.3 is 15.7 Å². The van der Waals surface area contributed by atoms with E-state index in [1.54, 1.807) is 0 Å². The minimum absolute atomic E-state index is 0.312. The van der Waals surface area contributed by atoms with Crippen LogP contribution < -0.4 is 10.6 Å². The van der Waals surface area contributed by atoms with Crippen molar-refractivity contribution in [3.8, 4) is 0 Å². The van der Waals surface area contributed by atoms with Gasteiger partial charge >= 0.3 is 5.97 Å². The fourth-order valence-corrected chi connectivity index (χ4v) is 2.14. The molecule has 4 heteroatoms. The van der Waals surface area contributed by atoms with E-state index in [1.165, 1.54) is 6.07 Å². The maximum Gasteiger partial charge on any atom is 0.337 e. The van der Waals surface area contributed by atoms with Crippen LogP contribution in [0.25, 0.3) is 0 Å². The molecule has 1 heterocycles. The Balaban J connectivity index is 2.63. The molecule has 0 unspecified atom stereocenters. The van der Waals surface area contributed by atoms with Gasteiger partial charge in [-0.3, -0.25) is 0 Å². The largest absolute Gasteiger partial charge is 0.478 e. The second-order valence-corrected chi connectivity index (χ2v) is 3.91. The smallest absolute Gasteiger partial charge is 0.337 e. The van der Waals surface area contributed by atoms with Crippen molar-refractivity contribution < 1.29 is 9.90 Å². The summed E-state index contributed by atoms with van der Waals surface area (Å²) in [5.74, 6) is -0.910. The first-order valence-corrected chi connectivity index (χ1v) is 4.96. The van der Waals surface area contributed by atoms with Crippen LogP contribution in [0.2, 0.25) is 0 Å². The number of nitrogens with zero attached hydrogens (tertiary/aromatic N) is 1. The third-order valence-electron chi connectivity index (χ3n) is 2.76. The first-order chi connectivity index (χ1) is 7.09. The number of carbonyl (C=O) groups is 1. The molecule has 0 spiro atoms. The van der Waals surface area contributed by atoms with Crippen molar-refractivity contribution in [3.63, 3.8) is 0 Å². The maximum absolute atomic E-state index is 11.1. The zero-order valence-corrected chi connectivity index (χ0v) is 8.66. The average Bonchev–Trinajstić information content (AvgIpc) is 2.16. The highest BCUT2D eigenvalue weighted by Crippen LogP contribution is 2.32. The summed E-state index contributed by atoms with van der Waals surface area (Å²) in [7, 11) is 1.92. The van der Waals surface area contributed by atoms with Crippen molar-refractivity contribution in [3.05, 3.63) is 23.3 Å². The molecule has 0 fully saturated rings. The molecule has 80 valence electrons. The fraction of sp³-hybridized carbons (Fsp3) is 0.364. The van der Waals surface area contributed by atoms with E-state index < -0.39 is 5.97 Å². The molecular weight excluding hydrogens is 192 g/mol. The summed E-state index contributed by atoms with van der Waals surface area (Å²) >= 11 is 0. The number of fused-ring (bicyclic) bond motifs is 1. The molecule has 0 saturated heterocycles. The Morgan fingerprint density at radius 3 is 2.93 bits per heavy atom. The number of hydrogen-bond acceptors (Lipinski definition) is 3. The number of nitrogen functional groups attached to an aromatic ring is 1. The van der Waals surface area contributed by atoms with E-state index in [0.717, 1.165) is 30.6 Å². The predicted molar refractivity (Wildman–Crippen MR) is 59.4 cm³/mol. The van der Waals surface area contributed by atoms with Crippen LogP contribution in [-0.2, 0) is 6.42 Å². The number of hydrogen-bond donors (Lipinski definition) is 2. The van der Waals surface area contributed by atoms with Crippen LogP contribution in [0, 0.1) is 0 Å². The Morgan fingerprint density at radius 1 is 1.53 bits per heavy atom. The van der Waals surface area contributed by atoms with Crippen LogP contribution in [0.1, 0.15) is 22.3 Å². The Labute approximate surface area is 88.3 Å². The molecule has 0 aromatic heterocycles. The lowest BCUT2D eigenvalue weighted by Gasteiger charge is -2.29. The predicted octanol–water partition coefficient (Wildman–Crippen LogP) is 1.35. The van der Waals surface area contributed by atoms with Gasteiger partial charge in [0, 0.05) is 19.3 Å². The average molecular weight is 206 g/mol. The summed E-state index contributed by atoms with van der Waals surface area (Å²) in [5.41, 5.74) is 8.39. The van der Waals surface area contributed by atoms with Crippen LogP contribution in [0.15, 0.2) is 12.1 Å². The first-order valence-electron chi connectivity index (χ1n) is 4.96. The van der Waals surface area contributed by atoms with Crippen LogP contribution in [0.5, 0.6) is 0 Å². The molecule has 0 atom stereocenters. The molecular formula is C11H14N2O2. The lowest BCUT2D eigenvalue weighted by Crippen LogP contribution is -2.27. The molecule has 15 heavy (non-hydrogen) atoms. The molecule has 1 aliphatic rings. The standard InChI is InChI=1S/C11H14N2O2/c1-13-4-2-3-7-5-8(12)6-9(10(7)13)11(14)15/h5-6H,2-4,12H2,1H3,(H,14,15). The highest BCUT2D eigenvalue weighted by molar-refractivity contribution is 5.96. The normalized spacial score (nSPS) is 14.9. The van der Waals surface area contributed by atoms with E-state index in [2.05, 4.69) is 0 Å². The van der Waals surface area contributed by atoms with E-state index in [4.69, 9.17) is 10.8 Å². The number of rotatable bonds is 1. The van der Waals surface area contributed by atoms with Gasteiger partial charge in [-0.25, -0.2) is 4.79 Å². The molecule has 0 saturated carbocycles. The highest BCUT2D eigenvalue weighted by Gasteiger charge is 2.21. The van der Waals surface area contributed by atoms with E-state index in [9.17, 15) is 4.79 Å². The minimum atomic E-state index is -0.910. The Bertz CT molecular complexity index is 415. The molecule has 0 aliphatic carbocycles. The molecule has 3 N–H and O–H groups in total. The van der Waals surface area contributed by atoms with Crippen molar-refractivity contribution >= 4 is 17.3 Å². The SMILES string of the molecule is CN1CCCc2cc(N)cc(C(=O)O)c21. The summed E-state index contributed by atoms with van der Waals surface area (Å²) < 4.78 is 0. The van der Waals surface area contributed by atoms with Gasteiger partial charge in [-0.1, -0.05) is 0 Å². The van der Waals surface area contributed by atoms with Crippen molar-refractivity contribution in [1.82, 2.24) is 0 Å². The number of aryl methyl sites for hydroxylation is 1. The fourth-order valence-electron chi connectivity index (χ4n) is 2.14. The topological polar surface area (TPSA) is 66.6 Å². The summed E-state index contributed by atoms with van der Waals surface area (Å²) in [6.07, 6.45) is 1.96. The van der Waals surface area contributed by atoms with Crippen LogP contribution >= 0.6 is 0 Å². The summed E-state index contributed by atoms with van der Waals surface area (Å²) in [6, 6.07) is 3.40. The Kier molecular flexibility index (Phi) is 2.26. The monoisotopic (exact) mass is 206 g/mol. The molecule has 0 bridgehead atoms. The molecule has 1 aliphatic heterocycles. The van der Waals surface area contributed by atoms with Gasteiger partial charge in [0.25, 0.3) is 0 Å². The lowest BCUT2D eigenvalue weighted by molar-refractivity contribution is 0.0697. The van der Waals surface area contributed by atoms with Gasteiger partial charge in [-0.15, -0.1) is 0 Å². The quantitative estimate of drug-likeness (QED) is 0.681. The molecule has 0 radical (unpaired) electrons. The Morgan fingerprint density at radius 2 is 2.27 bits per heavy atom. The molecule has 2 rings (SSSR count). The van der Waals surface area contributed by atoms with E-state index in [1.807, 2.05) is 18.0 Å². The number of anilines is 2. The highest BCUT2D eigenvalue weighted by atomic mass is 16.4. The summed E-state index contributed by atoms with van der Waals surface area (Å²) in [4.78, 5) is 13.1. The van der Waals surface area contributed by atoms with Crippen LogP contribution in [-0.4, -0.2) is 24.7 Å². The molecule has 1 aromatic rings. The second kappa shape index (κ2) is 3.46. The van der Waals surface area contributed by atoms with Crippen molar-refractivity contribution in [2.45, 2.75) is 12.8 Å². The molecule has 4 nitrogen and oxygen atoms in total. The van der Waals surface area contributed by atoms with Gasteiger partial charge in [0.05, 0.1) is 11.3 Å². The lowest BCUT2D eigenvalue weighted by atomic mass is 9.97. The zero-order valence-electron chi connectivity index (χ0n) is 8.66. The van der Waals surface area contributed by atoms with E-state index in [-0.39, 0.29) is 0 Å². The van der Waals surface area contributed by atoms with Crippen LogP contribution in [0.4, 0.5) is 11.4 Å². The second-order valence-electron chi connectivity index (χ2n) is 3.91. The van der Waals surface area contributed by atoms with Gasteiger partial charge in [0.1, 0.15) is 0 Å². The third kappa shape index (κ3) is 1.63. The van der Waals surface area contributed by atoms with Crippen molar-refractivity contribution in [2.24, 2.45) is 0 Å². The maximum atomic E-state index is 11.1. The first kappa shape index (κ1) is 9.83. The number of aromatic carboxylic acids is 1. The summed E-state index contributed by atoms with van der Waals surface area (Å²) in [6.45, 7) is 0.900. The van der Waals surface area contributed by atoms with Gasteiger partial charge in [-0.05, 0) is 30.5 Å². The van der Waals surface area contributed by atoms with Crippen molar-refractivity contribution in [2.75, 3.05) is 24.2 Å². The zero-order chi connectivity index (χ0) is 11.0. The van der Waals surface area contributed by atoms with Gasteiger partial charge in [0.2, 0.25) is 0 Å². The number of carboxylic acids is 1. The van der Waals surface area contributed by atoms with Gasteiger partial charge in [0.15, 0.2) is 0 Å². The number of carboxylic acid groups (broad SMARTS) is 1. The minimum Gasteiger partial charge on any atom is -0.478 e. The van der Waals surface area contributed by atoms with Gasteiger partial charge in [-0.2, -0.15) is 0 Å². The third-order valence-corrected chi connectivity index (χ3v) is 2.76. The number of nitrogens with two attached hydrogens (primary N) is 1. The molecule has 1 aromatic carbocycles. The van der Waals surface area contributed by atoms with Crippen LogP contribution in [0.3, 0.4) is 0 Å². The summed E-state index contributed by atoms with van der Waals surface area (Å²) in [5, 5.41) is 9.10. The van der Waals surface area contributed by atoms with E-state index in [0.29, 0.717) is 11.3 Å². The molecule has 0 amide bonds. The van der Waals surface area contributed by atoms with E-state index >= 15 is 0 Å². The Hall–Kier alpha value is -1.71. The number of benzene rings is 1. The van der Waals surface area contributed by atoms with Crippen molar-refractivity contribution in [1.29, 1.82) is 0 Å².